The van der Waals surface area contributed by atoms with Crippen LogP contribution in [0.2, 0.25) is 0 Å². The Bertz CT molecular complexity index is 2090. The molecule has 256 valence electrons. The summed E-state index contributed by atoms with van der Waals surface area (Å²) in [5.41, 5.74) is 5.61. The first-order chi connectivity index (χ1) is 22.2. The smallest absolute Gasteiger partial charge is 0.335 e. The molecule has 0 saturated carbocycles. The van der Waals surface area contributed by atoms with Gasteiger partial charge >= 0.3 is 5.97 Å². The van der Waals surface area contributed by atoms with Gasteiger partial charge in [-0.15, -0.1) is 0 Å². The summed E-state index contributed by atoms with van der Waals surface area (Å²) in [5, 5.41) is 12.6. The molecule has 0 fully saturated rings. The Morgan fingerprint density at radius 3 is 2.33 bits per heavy atom. The van der Waals surface area contributed by atoms with Crippen molar-refractivity contribution in [1.29, 1.82) is 0 Å². The van der Waals surface area contributed by atoms with E-state index in [-0.39, 0.29) is 23.4 Å². The van der Waals surface area contributed by atoms with E-state index in [1.807, 2.05) is 56.6 Å². The zero-order valence-corrected chi connectivity index (χ0v) is 29.8. The summed E-state index contributed by atoms with van der Waals surface area (Å²) in [6.07, 6.45) is 10.3. The first-order valence-corrected chi connectivity index (χ1v) is 18.9. The quantitative estimate of drug-likeness (QED) is 0.157. The van der Waals surface area contributed by atoms with Gasteiger partial charge in [-0.25, -0.2) is 4.79 Å². The summed E-state index contributed by atoms with van der Waals surface area (Å²) < 4.78 is 68.1. The van der Waals surface area contributed by atoms with Gasteiger partial charge in [-0.3, -0.25) is 9.11 Å². The maximum Gasteiger partial charge on any atom is 0.335 e. The number of halogens is 1. The first-order valence-electron chi connectivity index (χ1n) is 15.6. The van der Waals surface area contributed by atoms with Crippen LogP contribution in [0.5, 0.6) is 0 Å². The molecule has 10 nitrogen and oxygen atoms in total. The Hall–Kier alpha value is -3.55. The molecule has 2 aromatic carbocycles. The lowest BCUT2D eigenvalue weighted by atomic mass is 9.80. The van der Waals surface area contributed by atoms with E-state index in [1.54, 1.807) is 18.2 Å². The van der Waals surface area contributed by atoms with Crippen LogP contribution < -0.4 is 5.32 Å². The zero-order chi connectivity index (χ0) is 35.4. The minimum atomic E-state index is -4.34. The molecule has 1 aliphatic carbocycles. The average Bonchev–Trinajstić information content (AvgIpc) is 3.37. The van der Waals surface area contributed by atoms with Crippen molar-refractivity contribution in [3.63, 3.8) is 0 Å². The largest absolute Gasteiger partial charge is 0.478 e. The number of hydrogen-bond donors (Lipinski definition) is 4. The second-order valence-electron chi connectivity index (χ2n) is 13.5. The van der Waals surface area contributed by atoms with Crippen LogP contribution in [0.15, 0.2) is 87.5 Å². The van der Waals surface area contributed by atoms with Crippen molar-refractivity contribution in [3.05, 3.63) is 99.3 Å². The van der Waals surface area contributed by atoms with Crippen molar-refractivity contribution in [2.75, 3.05) is 11.9 Å². The van der Waals surface area contributed by atoms with Crippen molar-refractivity contribution in [1.82, 2.24) is 0 Å². The first kappa shape index (κ1) is 35.7. The van der Waals surface area contributed by atoms with Gasteiger partial charge in [0.2, 0.25) is 5.69 Å². The van der Waals surface area contributed by atoms with Gasteiger partial charge in [0.05, 0.1) is 21.1 Å². The maximum atomic E-state index is 11.8. The molecular weight excluding hydrogens is 676 g/mol. The normalized spacial score (nSPS) is 21.2. The third-order valence-corrected chi connectivity index (χ3v) is 12.2. The Labute approximate surface area is 286 Å². The van der Waals surface area contributed by atoms with Crippen LogP contribution in [0.3, 0.4) is 0 Å². The molecule has 4 N–H and O–H groups in total. The van der Waals surface area contributed by atoms with Crippen LogP contribution in [0.1, 0.15) is 81.8 Å². The maximum absolute atomic E-state index is 11.8. The number of carbonyl (C=O) groups is 1. The van der Waals surface area contributed by atoms with Crippen molar-refractivity contribution in [3.8, 4) is 0 Å². The summed E-state index contributed by atoms with van der Waals surface area (Å²) in [7, 11) is -8.57. The molecule has 1 atom stereocenters. The average molecular weight is 716 g/mol. The summed E-state index contributed by atoms with van der Waals surface area (Å²) >= 11 is 6.99. The van der Waals surface area contributed by atoms with Crippen molar-refractivity contribution in [2.24, 2.45) is 0 Å². The van der Waals surface area contributed by atoms with E-state index in [0.717, 1.165) is 64.3 Å². The van der Waals surface area contributed by atoms with E-state index in [2.05, 4.69) is 5.32 Å². The summed E-state index contributed by atoms with van der Waals surface area (Å²) in [6, 6.07) is 9.40. The highest BCUT2D eigenvalue weighted by molar-refractivity contribution is 7.86. The molecule has 1 unspecified atom stereocenters. The van der Waals surface area contributed by atoms with E-state index in [9.17, 15) is 35.8 Å². The number of carboxylic acids is 1. The van der Waals surface area contributed by atoms with Gasteiger partial charge < -0.3 is 10.4 Å². The lowest BCUT2D eigenvalue weighted by Crippen LogP contribution is -2.29. The standard InChI is InChI=1S/C35H39ClN2O8S2/c1-21(47(41,42)43)17-18-38-29-14-9-24(33(39)40)19-27(29)35(4,5)31(38)16-11-23-8-6-7-22(32(23)36)10-15-30-34(2,3)26-20-25(48(44,45)46)12-13-28(26)37-30/h9-16,19-21H,6-8,17-18H2,1-5H3,(H3,39,40,41,42,43,44,45,46)/p+1. The van der Waals surface area contributed by atoms with Gasteiger partial charge in [0, 0.05) is 46.0 Å². The molecule has 2 aliphatic heterocycles. The Kier molecular flexibility index (Phi) is 9.48. The topological polar surface area (TPSA) is 161 Å². The number of nitrogens with zero attached hydrogens (tertiary/aromatic N) is 1. The molecule has 2 aromatic rings. The number of carboxylic acid groups (broad SMARTS) is 1. The van der Waals surface area contributed by atoms with Gasteiger partial charge in [0.15, 0.2) is 12.3 Å². The lowest BCUT2D eigenvalue weighted by Gasteiger charge is -2.21. The van der Waals surface area contributed by atoms with E-state index in [4.69, 9.17) is 11.6 Å². The van der Waals surface area contributed by atoms with E-state index >= 15 is 0 Å². The van der Waals surface area contributed by atoms with Gasteiger partial charge in [-0.2, -0.15) is 21.4 Å². The predicted molar refractivity (Wildman–Crippen MR) is 187 cm³/mol. The fourth-order valence-electron chi connectivity index (χ4n) is 6.59. The third-order valence-electron chi connectivity index (χ3n) is 9.66. The molecule has 0 radical (unpaired) electrons. The van der Waals surface area contributed by atoms with Gasteiger partial charge in [0.1, 0.15) is 0 Å². The third kappa shape index (κ3) is 6.81. The molecular formula is C35H40ClN2O8S2+. The van der Waals surface area contributed by atoms with Crippen LogP contribution in [0, 0.1) is 0 Å². The lowest BCUT2D eigenvalue weighted by molar-refractivity contribution is -0.438. The molecule has 0 amide bonds. The van der Waals surface area contributed by atoms with Crippen molar-refractivity contribution >= 4 is 54.9 Å². The molecule has 3 aliphatic rings. The van der Waals surface area contributed by atoms with Gasteiger partial charge in [0.25, 0.3) is 20.2 Å². The van der Waals surface area contributed by atoms with Crippen LogP contribution >= 0.6 is 11.6 Å². The number of fused-ring (bicyclic) bond motifs is 2. The van der Waals surface area contributed by atoms with Gasteiger partial charge in [-0.05, 0) is 93.2 Å². The van der Waals surface area contributed by atoms with Crippen LogP contribution in [-0.4, -0.2) is 59.1 Å². The van der Waals surface area contributed by atoms with E-state index in [1.165, 1.54) is 25.1 Å². The highest BCUT2D eigenvalue weighted by Gasteiger charge is 2.45. The van der Waals surface area contributed by atoms with E-state index in [0.29, 0.717) is 5.03 Å². The Balaban J connectivity index is 1.49. The minimum absolute atomic E-state index is 0.155. The molecule has 13 heteroatoms. The fraction of sp³-hybridized carbons (Fsp3) is 0.371. The van der Waals surface area contributed by atoms with Crippen LogP contribution in [0.4, 0.5) is 11.4 Å². The summed E-state index contributed by atoms with van der Waals surface area (Å²) in [4.78, 5) is 11.6. The highest BCUT2D eigenvalue weighted by atomic mass is 35.5. The Morgan fingerprint density at radius 2 is 1.69 bits per heavy atom. The molecule has 5 rings (SSSR count). The number of rotatable bonds is 9. The second kappa shape index (κ2) is 12.7. The van der Waals surface area contributed by atoms with Crippen LogP contribution in [0.25, 0.3) is 0 Å². The fourth-order valence-corrected chi connectivity index (χ4v) is 7.81. The molecule has 0 aromatic heterocycles. The SMILES string of the molecule is CC(CC[N+]1=C(/C=C/C2=C(Cl)C(=C/C=C3/Nc4ccc(S(=O)(=O)O)cc4C3(C)C)/CCC2)C(C)(C)c2cc(C(=O)O)ccc21)S(=O)(=O)O. The minimum Gasteiger partial charge on any atom is -0.478 e. The number of nitrogens with one attached hydrogen (secondary N) is 1. The number of hydrogen-bond acceptors (Lipinski definition) is 6. The van der Waals surface area contributed by atoms with Crippen LogP contribution in [-0.2, 0) is 31.1 Å². The zero-order valence-electron chi connectivity index (χ0n) is 27.4. The molecule has 0 bridgehead atoms. The van der Waals surface area contributed by atoms with Crippen molar-refractivity contribution < 1.29 is 40.4 Å². The number of aromatic carboxylic acids is 1. The monoisotopic (exact) mass is 715 g/mol. The summed E-state index contributed by atoms with van der Waals surface area (Å²) in [5.74, 6) is -1.04. The predicted octanol–water partition coefficient (Wildman–Crippen LogP) is 7.12. The summed E-state index contributed by atoms with van der Waals surface area (Å²) in [6.45, 7) is 9.66. The highest BCUT2D eigenvalue weighted by Crippen LogP contribution is 2.45. The Morgan fingerprint density at radius 1 is 0.979 bits per heavy atom. The van der Waals surface area contributed by atoms with E-state index < -0.39 is 42.3 Å². The molecule has 0 saturated heterocycles. The molecule has 48 heavy (non-hydrogen) atoms. The molecule has 2 heterocycles. The number of benzene rings is 2. The van der Waals surface area contributed by atoms with Gasteiger partial charge in [-0.1, -0.05) is 37.6 Å². The second-order valence-corrected chi connectivity index (χ2v) is 17.2. The van der Waals surface area contributed by atoms with Crippen molar-refractivity contribution in [2.45, 2.75) is 81.3 Å². The number of allylic oxidation sites excluding steroid dienone is 8. The molecule has 0 spiro atoms. The number of anilines is 1.